The largest absolute Gasteiger partial charge is 0.381 e. The summed E-state index contributed by atoms with van der Waals surface area (Å²) in [4.78, 5) is 4.47. The van der Waals surface area contributed by atoms with E-state index in [0.717, 1.165) is 37.2 Å². The second-order valence-electron chi connectivity index (χ2n) is 6.32. The van der Waals surface area contributed by atoms with E-state index in [4.69, 9.17) is 4.74 Å². The minimum atomic E-state index is -3.66. The number of hydrogen-bond donors (Lipinski definition) is 2. The van der Waals surface area contributed by atoms with Crippen molar-refractivity contribution in [2.75, 3.05) is 23.2 Å². The van der Waals surface area contributed by atoms with E-state index in [1.165, 1.54) is 0 Å². The first-order valence-corrected chi connectivity index (χ1v) is 9.84. The number of anilines is 2. The van der Waals surface area contributed by atoms with Crippen LogP contribution < -0.4 is 10.0 Å². The van der Waals surface area contributed by atoms with Crippen LogP contribution in [0.3, 0.4) is 0 Å². The Hall–Kier alpha value is -2.12. The number of benzene rings is 1. The fourth-order valence-electron chi connectivity index (χ4n) is 2.79. The molecule has 0 spiro atoms. The van der Waals surface area contributed by atoms with E-state index >= 15 is 0 Å². The quantitative estimate of drug-likeness (QED) is 0.826. The average molecular weight is 361 g/mol. The number of sulfonamides is 1. The van der Waals surface area contributed by atoms with Gasteiger partial charge in [0.15, 0.2) is 0 Å². The molecule has 1 aromatic carbocycles. The Balaban J connectivity index is 1.66. The Bertz CT molecular complexity index is 829. The van der Waals surface area contributed by atoms with Crippen LogP contribution in [0.4, 0.5) is 11.5 Å². The maximum absolute atomic E-state index is 12.6. The fraction of sp³-hybridized carbons (Fsp3) is 0.389. The van der Waals surface area contributed by atoms with Gasteiger partial charge < -0.3 is 10.1 Å². The lowest BCUT2D eigenvalue weighted by Crippen LogP contribution is -2.18. The van der Waals surface area contributed by atoms with Crippen LogP contribution in [-0.2, 0) is 14.8 Å². The molecule has 1 aliphatic heterocycles. The van der Waals surface area contributed by atoms with Crippen molar-refractivity contribution in [1.29, 1.82) is 0 Å². The van der Waals surface area contributed by atoms with Crippen molar-refractivity contribution in [2.45, 2.75) is 37.7 Å². The molecule has 0 amide bonds. The van der Waals surface area contributed by atoms with E-state index in [1.54, 1.807) is 31.3 Å². The summed E-state index contributed by atoms with van der Waals surface area (Å²) in [6.45, 7) is 5.20. The Morgan fingerprint density at radius 2 is 2.08 bits per heavy atom. The maximum Gasteiger partial charge on any atom is 0.263 e. The van der Waals surface area contributed by atoms with Crippen LogP contribution in [0, 0.1) is 13.8 Å². The van der Waals surface area contributed by atoms with Gasteiger partial charge >= 0.3 is 0 Å². The fourth-order valence-corrected chi connectivity index (χ4v) is 4.12. The van der Waals surface area contributed by atoms with Crippen LogP contribution >= 0.6 is 0 Å². The number of nitrogens with zero attached hydrogens (tertiary/aromatic N) is 1. The number of ether oxygens (including phenoxy) is 1. The molecule has 7 heteroatoms. The first-order chi connectivity index (χ1) is 11.9. The van der Waals surface area contributed by atoms with Crippen molar-refractivity contribution in [3.8, 4) is 0 Å². The number of aryl methyl sites for hydroxylation is 2. The molecule has 134 valence electrons. The van der Waals surface area contributed by atoms with Gasteiger partial charge in [0.25, 0.3) is 10.0 Å². The van der Waals surface area contributed by atoms with Crippen LogP contribution in [0.2, 0.25) is 0 Å². The number of nitrogens with one attached hydrogen (secondary N) is 2. The summed E-state index contributed by atoms with van der Waals surface area (Å²) < 4.78 is 33.2. The summed E-state index contributed by atoms with van der Waals surface area (Å²) in [6.07, 6.45) is 4.02. The first-order valence-electron chi connectivity index (χ1n) is 8.36. The highest BCUT2D eigenvalue weighted by Crippen LogP contribution is 2.20. The minimum Gasteiger partial charge on any atom is -0.381 e. The highest BCUT2D eigenvalue weighted by molar-refractivity contribution is 7.92. The van der Waals surface area contributed by atoms with Gasteiger partial charge in [-0.1, -0.05) is 12.1 Å². The molecule has 1 aliphatic rings. The number of hydrogen-bond acceptors (Lipinski definition) is 5. The standard InChI is InChI=1S/C18H23N3O3S/c1-13-5-6-14(2)17(10-13)25(22,23)21-18-8-7-15(11-20-18)19-12-16-4-3-9-24-16/h5-8,10-11,16,19H,3-4,9,12H2,1-2H3,(H,20,21). The molecule has 0 bridgehead atoms. The van der Waals surface area contributed by atoms with Crippen molar-refractivity contribution in [1.82, 2.24) is 4.98 Å². The Morgan fingerprint density at radius 3 is 2.76 bits per heavy atom. The molecule has 3 rings (SSSR count). The molecule has 1 atom stereocenters. The van der Waals surface area contributed by atoms with Crippen molar-refractivity contribution in [2.24, 2.45) is 0 Å². The van der Waals surface area contributed by atoms with E-state index < -0.39 is 10.0 Å². The third kappa shape index (κ3) is 4.49. The third-order valence-corrected chi connectivity index (χ3v) is 5.69. The lowest BCUT2D eigenvalue weighted by molar-refractivity contribution is 0.120. The summed E-state index contributed by atoms with van der Waals surface area (Å²) >= 11 is 0. The molecule has 0 radical (unpaired) electrons. The van der Waals surface area contributed by atoms with Gasteiger partial charge in [0.05, 0.1) is 22.9 Å². The van der Waals surface area contributed by atoms with E-state index in [9.17, 15) is 8.42 Å². The summed E-state index contributed by atoms with van der Waals surface area (Å²) in [7, 11) is -3.66. The minimum absolute atomic E-state index is 0.238. The summed E-state index contributed by atoms with van der Waals surface area (Å²) in [5, 5.41) is 3.26. The van der Waals surface area contributed by atoms with Crippen molar-refractivity contribution in [3.05, 3.63) is 47.7 Å². The summed E-state index contributed by atoms with van der Waals surface area (Å²) in [5.41, 5.74) is 2.44. The SMILES string of the molecule is Cc1ccc(C)c(S(=O)(=O)Nc2ccc(NCC3CCCO3)cn2)c1. The molecule has 6 nitrogen and oxygen atoms in total. The van der Waals surface area contributed by atoms with Gasteiger partial charge in [-0.2, -0.15) is 0 Å². The second kappa shape index (κ2) is 7.41. The predicted molar refractivity (Wildman–Crippen MR) is 98.4 cm³/mol. The average Bonchev–Trinajstić information content (AvgIpc) is 3.09. The maximum atomic E-state index is 12.6. The van der Waals surface area contributed by atoms with E-state index in [1.807, 2.05) is 19.1 Å². The van der Waals surface area contributed by atoms with Gasteiger partial charge in [0.2, 0.25) is 0 Å². The molecular formula is C18H23N3O3S. The number of rotatable bonds is 6. The van der Waals surface area contributed by atoms with Gasteiger partial charge in [-0.05, 0) is 56.0 Å². The lowest BCUT2D eigenvalue weighted by atomic mass is 10.2. The smallest absolute Gasteiger partial charge is 0.263 e. The monoisotopic (exact) mass is 361 g/mol. The van der Waals surface area contributed by atoms with Gasteiger partial charge in [0.1, 0.15) is 5.82 Å². The number of aromatic nitrogens is 1. The first kappa shape index (κ1) is 17.7. The molecule has 2 N–H and O–H groups in total. The second-order valence-corrected chi connectivity index (χ2v) is 7.97. The van der Waals surface area contributed by atoms with Crippen LogP contribution in [-0.4, -0.2) is 32.7 Å². The van der Waals surface area contributed by atoms with Crippen LogP contribution in [0.1, 0.15) is 24.0 Å². The van der Waals surface area contributed by atoms with Crippen molar-refractivity contribution >= 4 is 21.5 Å². The van der Waals surface area contributed by atoms with Gasteiger partial charge in [-0.25, -0.2) is 13.4 Å². The van der Waals surface area contributed by atoms with Gasteiger partial charge in [-0.15, -0.1) is 0 Å². The van der Waals surface area contributed by atoms with E-state index in [-0.39, 0.29) is 11.0 Å². The zero-order valence-corrected chi connectivity index (χ0v) is 15.3. The van der Waals surface area contributed by atoms with Gasteiger partial charge in [0, 0.05) is 13.2 Å². The van der Waals surface area contributed by atoms with E-state index in [0.29, 0.717) is 11.4 Å². The molecule has 0 aliphatic carbocycles. The third-order valence-electron chi connectivity index (χ3n) is 4.19. The van der Waals surface area contributed by atoms with Crippen molar-refractivity contribution < 1.29 is 13.2 Å². The molecular weight excluding hydrogens is 338 g/mol. The molecule has 1 fully saturated rings. The van der Waals surface area contributed by atoms with E-state index in [2.05, 4.69) is 15.0 Å². The van der Waals surface area contributed by atoms with Crippen molar-refractivity contribution in [3.63, 3.8) is 0 Å². The zero-order valence-electron chi connectivity index (χ0n) is 14.5. The Labute approximate surface area is 148 Å². The topological polar surface area (TPSA) is 80.3 Å². The highest BCUT2D eigenvalue weighted by Gasteiger charge is 2.18. The molecule has 0 saturated carbocycles. The highest BCUT2D eigenvalue weighted by atomic mass is 32.2. The molecule has 1 aromatic heterocycles. The summed E-state index contributed by atoms with van der Waals surface area (Å²) in [6, 6.07) is 8.81. The van der Waals surface area contributed by atoms with Gasteiger partial charge in [-0.3, -0.25) is 4.72 Å². The summed E-state index contributed by atoms with van der Waals surface area (Å²) in [5.74, 6) is 0.295. The normalized spacial score (nSPS) is 17.4. The number of pyridine rings is 1. The molecule has 2 heterocycles. The molecule has 2 aromatic rings. The molecule has 1 unspecified atom stereocenters. The Kier molecular flexibility index (Phi) is 5.24. The van der Waals surface area contributed by atoms with Crippen LogP contribution in [0.15, 0.2) is 41.4 Å². The predicted octanol–water partition coefficient (Wildman–Crippen LogP) is 3.09. The van der Waals surface area contributed by atoms with Crippen LogP contribution in [0.25, 0.3) is 0 Å². The van der Waals surface area contributed by atoms with Crippen LogP contribution in [0.5, 0.6) is 0 Å². The Morgan fingerprint density at radius 1 is 1.24 bits per heavy atom. The lowest BCUT2D eigenvalue weighted by Gasteiger charge is -2.13. The molecule has 1 saturated heterocycles. The zero-order chi connectivity index (χ0) is 17.9. The molecule has 25 heavy (non-hydrogen) atoms.